The molecule has 5 heteroatoms. The van der Waals surface area contributed by atoms with Gasteiger partial charge in [0.25, 0.3) is 0 Å². The lowest BCUT2D eigenvalue weighted by atomic mass is 9.86. The second kappa shape index (κ2) is 6.62. The SMILES string of the molecule is O=C(CCC1CCCCC1)NCc1nnc(C2CC2)n1C1CC1. The monoisotopic (exact) mass is 316 g/mol. The van der Waals surface area contributed by atoms with E-state index in [-0.39, 0.29) is 5.91 Å². The fourth-order valence-corrected chi connectivity index (χ4v) is 3.89. The van der Waals surface area contributed by atoms with Gasteiger partial charge in [0.1, 0.15) is 5.82 Å². The minimum Gasteiger partial charge on any atom is -0.349 e. The number of hydrogen-bond acceptors (Lipinski definition) is 3. The van der Waals surface area contributed by atoms with Crippen molar-refractivity contribution in [2.75, 3.05) is 0 Å². The zero-order valence-electron chi connectivity index (χ0n) is 14.0. The van der Waals surface area contributed by atoms with Crippen molar-refractivity contribution >= 4 is 5.91 Å². The van der Waals surface area contributed by atoms with E-state index in [2.05, 4.69) is 20.1 Å². The molecule has 1 heterocycles. The largest absolute Gasteiger partial charge is 0.349 e. The standard InChI is InChI=1S/C18H28N4O/c23-17(11-6-13-4-2-1-3-5-13)19-12-16-20-21-18(14-7-8-14)22(16)15-9-10-15/h13-15H,1-12H2,(H,19,23). The molecular weight excluding hydrogens is 288 g/mol. The van der Waals surface area contributed by atoms with Gasteiger partial charge in [0, 0.05) is 18.4 Å². The zero-order chi connectivity index (χ0) is 15.6. The molecule has 4 rings (SSSR count). The lowest BCUT2D eigenvalue weighted by Crippen LogP contribution is -2.25. The minimum atomic E-state index is 0.175. The van der Waals surface area contributed by atoms with E-state index in [0.717, 1.165) is 18.2 Å². The molecule has 0 aliphatic heterocycles. The van der Waals surface area contributed by atoms with Crippen LogP contribution in [0.2, 0.25) is 0 Å². The maximum absolute atomic E-state index is 12.1. The average Bonchev–Trinajstić information content (AvgIpc) is 3.50. The van der Waals surface area contributed by atoms with Gasteiger partial charge in [0.2, 0.25) is 5.91 Å². The van der Waals surface area contributed by atoms with Crippen molar-refractivity contribution in [3.05, 3.63) is 11.6 Å². The van der Waals surface area contributed by atoms with Gasteiger partial charge in [-0.2, -0.15) is 0 Å². The summed E-state index contributed by atoms with van der Waals surface area (Å²) in [5.41, 5.74) is 0. The van der Waals surface area contributed by atoms with Crippen LogP contribution in [0.4, 0.5) is 0 Å². The summed E-state index contributed by atoms with van der Waals surface area (Å²) in [7, 11) is 0. The molecule has 1 N–H and O–H groups in total. The molecule has 3 fully saturated rings. The Bertz CT molecular complexity index is 553. The van der Waals surface area contributed by atoms with Gasteiger partial charge in [-0.1, -0.05) is 32.1 Å². The molecule has 0 aromatic carbocycles. The quantitative estimate of drug-likeness (QED) is 0.838. The molecule has 0 saturated heterocycles. The van der Waals surface area contributed by atoms with Gasteiger partial charge in [-0.05, 0) is 38.0 Å². The van der Waals surface area contributed by atoms with E-state index in [9.17, 15) is 4.79 Å². The van der Waals surface area contributed by atoms with Crippen LogP contribution in [0.3, 0.4) is 0 Å². The number of carbonyl (C=O) groups is 1. The maximum atomic E-state index is 12.1. The molecule has 5 nitrogen and oxygen atoms in total. The summed E-state index contributed by atoms with van der Waals surface area (Å²) in [6.07, 6.45) is 13.4. The molecule has 0 bridgehead atoms. The number of carbonyl (C=O) groups excluding carboxylic acids is 1. The molecule has 1 amide bonds. The second-order valence-corrected chi connectivity index (χ2v) is 7.67. The zero-order valence-corrected chi connectivity index (χ0v) is 14.0. The van der Waals surface area contributed by atoms with Crippen LogP contribution < -0.4 is 5.32 Å². The van der Waals surface area contributed by atoms with Crippen molar-refractivity contribution in [2.45, 2.75) is 89.1 Å². The van der Waals surface area contributed by atoms with Gasteiger partial charge in [-0.15, -0.1) is 10.2 Å². The van der Waals surface area contributed by atoms with Crippen LogP contribution in [-0.2, 0) is 11.3 Å². The number of hydrogen-bond donors (Lipinski definition) is 1. The summed E-state index contributed by atoms with van der Waals surface area (Å²) in [5, 5.41) is 11.8. The Morgan fingerprint density at radius 3 is 2.52 bits per heavy atom. The van der Waals surface area contributed by atoms with E-state index >= 15 is 0 Å². The summed E-state index contributed by atoms with van der Waals surface area (Å²) < 4.78 is 2.32. The van der Waals surface area contributed by atoms with E-state index in [1.165, 1.54) is 63.6 Å². The first-order chi connectivity index (χ1) is 11.3. The molecule has 23 heavy (non-hydrogen) atoms. The van der Waals surface area contributed by atoms with Crippen molar-refractivity contribution < 1.29 is 4.79 Å². The molecule has 126 valence electrons. The van der Waals surface area contributed by atoms with E-state index in [1.807, 2.05) is 0 Å². The molecule has 1 aromatic rings. The highest BCUT2D eigenvalue weighted by Crippen LogP contribution is 2.44. The minimum absolute atomic E-state index is 0.175. The third-order valence-electron chi connectivity index (χ3n) is 5.60. The van der Waals surface area contributed by atoms with Crippen LogP contribution in [0, 0.1) is 5.92 Å². The van der Waals surface area contributed by atoms with Crippen molar-refractivity contribution in [3.63, 3.8) is 0 Å². The van der Waals surface area contributed by atoms with Crippen LogP contribution in [0.15, 0.2) is 0 Å². The Morgan fingerprint density at radius 1 is 1.04 bits per heavy atom. The molecule has 3 aliphatic carbocycles. The number of amides is 1. The van der Waals surface area contributed by atoms with Crippen LogP contribution in [0.5, 0.6) is 0 Å². The highest BCUT2D eigenvalue weighted by Gasteiger charge is 2.36. The third kappa shape index (κ3) is 3.75. The summed E-state index contributed by atoms with van der Waals surface area (Å²) >= 11 is 0. The third-order valence-corrected chi connectivity index (χ3v) is 5.60. The van der Waals surface area contributed by atoms with Crippen LogP contribution in [0.1, 0.15) is 94.2 Å². The molecular formula is C18H28N4O. The molecule has 1 aromatic heterocycles. The Balaban J connectivity index is 1.28. The number of rotatable bonds is 7. The Morgan fingerprint density at radius 2 is 1.83 bits per heavy atom. The van der Waals surface area contributed by atoms with Gasteiger partial charge in [-0.25, -0.2) is 0 Å². The van der Waals surface area contributed by atoms with Crippen molar-refractivity contribution in [1.82, 2.24) is 20.1 Å². The predicted octanol–water partition coefficient (Wildman–Crippen LogP) is 3.47. The van der Waals surface area contributed by atoms with E-state index in [1.54, 1.807) is 0 Å². The predicted molar refractivity (Wildman–Crippen MR) is 87.9 cm³/mol. The van der Waals surface area contributed by atoms with Gasteiger partial charge in [0.05, 0.1) is 6.54 Å². The lowest BCUT2D eigenvalue weighted by molar-refractivity contribution is -0.121. The first-order valence-electron chi connectivity index (χ1n) is 9.51. The average molecular weight is 316 g/mol. The number of nitrogens with zero attached hydrogens (tertiary/aromatic N) is 3. The van der Waals surface area contributed by atoms with E-state index < -0.39 is 0 Å². The summed E-state index contributed by atoms with van der Waals surface area (Å²) in [5.74, 6) is 3.69. The normalized spacial score (nSPS) is 22.3. The fourth-order valence-electron chi connectivity index (χ4n) is 3.89. The van der Waals surface area contributed by atoms with Crippen molar-refractivity contribution in [1.29, 1.82) is 0 Å². The van der Waals surface area contributed by atoms with Crippen LogP contribution >= 0.6 is 0 Å². The van der Waals surface area contributed by atoms with E-state index in [4.69, 9.17) is 0 Å². The van der Waals surface area contributed by atoms with E-state index in [0.29, 0.717) is 24.9 Å². The van der Waals surface area contributed by atoms with Gasteiger partial charge in [-0.3, -0.25) is 4.79 Å². The van der Waals surface area contributed by atoms with Crippen molar-refractivity contribution in [3.8, 4) is 0 Å². The highest BCUT2D eigenvalue weighted by atomic mass is 16.1. The van der Waals surface area contributed by atoms with Gasteiger partial charge >= 0.3 is 0 Å². The summed E-state index contributed by atoms with van der Waals surface area (Å²) in [6, 6.07) is 0.592. The number of nitrogens with one attached hydrogen (secondary N) is 1. The first kappa shape index (κ1) is 15.2. The molecule has 3 saturated carbocycles. The Kier molecular flexibility index (Phi) is 4.36. The van der Waals surface area contributed by atoms with Gasteiger partial charge in [0.15, 0.2) is 5.82 Å². The summed E-state index contributed by atoms with van der Waals surface area (Å²) in [4.78, 5) is 12.1. The summed E-state index contributed by atoms with van der Waals surface area (Å²) in [6.45, 7) is 0.541. The maximum Gasteiger partial charge on any atom is 0.220 e. The Hall–Kier alpha value is -1.39. The second-order valence-electron chi connectivity index (χ2n) is 7.67. The molecule has 0 radical (unpaired) electrons. The Labute approximate surface area is 138 Å². The lowest BCUT2D eigenvalue weighted by Gasteiger charge is -2.21. The molecule has 0 atom stereocenters. The van der Waals surface area contributed by atoms with Crippen LogP contribution in [-0.4, -0.2) is 20.7 Å². The molecule has 3 aliphatic rings. The first-order valence-corrected chi connectivity index (χ1v) is 9.51. The van der Waals surface area contributed by atoms with Crippen LogP contribution in [0.25, 0.3) is 0 Å². The topological polar surface area (TPSA) is 59.8 Å². The number of aromatic nitrogens is 3. The smallest absolute Gasteiger partial charge is 0.220 e. The molecule has 0 spiro atoms. The fraction of sp³-hybridized carbons (Fsp3) is 0.833. The van der Waals surface area contributed by atoms with Gasteiger partial charge < -0.3 is 9.88 Å². The molecule has 0 unspecified atom stereocenters. The van der Waals surface area contributed by atoms with Crippen molar-refractivity contribution in [2.24, 2.45) is 5.92 Å². The highest BCUT2D eigenvalue weighted by molar-refractivity contribution is 5.75.